The normalized spacial score (nSPS) is 14.1. The van der Waals surface area contributed by atoms with Gasteiger partial charge < -0.3 is 16.4 Å². The third-order valence-electron chi connectivity index (χ3n) is 4.22. The first-order chi connectivity index (χ1) is 12.1. The number of hydrogen-bond donors (Lipinski definition) is 3. The Balaban J connectivity index is 0.00000243. The molecule has 9 heteroatoms. The van der Waals surface area contributed by atoms with Gasteiger partial charge in [0.2, 0.25) is 5.91 Å². The lowest BCUT2D eigenvalue weighted by molar-refractivity contribution is -0.117. The maximum absolute atomic E-state index is 12.5. The molecule has 6 nitrogen and oxygen atoms in total. The summed E-state index contributed by atoms with van der Waals surface area (Å²) in [7, 11) is 0. The second-order valence-electron chi connectivity index (χ2n) is 6.05. The molecule has 0 spiro atoms. The van der Waals surface area contributed by atoms with Gasteiger partial charge in [-0.15, -0.1) is 35.1 Å². The number of halogens is 1. The number of rotatable bonds is 6. The molecule has 2 aromatic rings. The summed E-state index contributed by atoms with van der Waals surface area (Å²) in [5.41, 5.74) is 10.3. The van der Waals surface area contributed by atoms with Crippen molar-refractivity contribution in [3.05, 3.63) is 32.6 Å². The maximum Gasteiger partial charge on any atom is 0.254 e. The van der Waals surface area contributed by atoms with Crippen molar-refractivity contribution in [3.8, 4) is 0 Å². The summed E-state index contributed by atoms with van der Waals surface area (Å²) in [6.45, 7) is 2.44. The molecule has 1 aliphatic rings. The lowest BCUT2D eigenvalue weighted by atomic mass is 9.95. The molecule has 1 atom stereocenters. The van der Waals surface area contributed by atoms with Gasteiger partial charge in [-0.25, -0.2) is 4.98 Å². The van der Waals surface area contributed by atoms with E-state index in [9.17, 15) is 9.59 Å². The minimum atomic E-state index is -0.691. The highest BCUT2D eigenvalue weighted by Crippen LogP contribution is 2.38. The van der Waals surface area contributed by atoms with Gasteiger partial charge in [0.15, 0.2) is 0 Å². The molecule has 0 bridgehead atoms. The third-order valence-corrected chi connectivity index (χ3v) is 6.06. The Kier molecular flexibility index (Phi) is 7.57. The van der Waals surface area contributed by atoms with Crippen LogP contribution in [0.2, 0.25) is 0 Å². The summed E-state index contributed by atoms with van der Waals surface area (Å²) in [6.07, 6.45) is 4.44. The van der Waals surface area contributed by atoms with Crippen LogP contribution in [0.15, 0.2) is 10.9 Å². The highest BCUT2D eigenvalue weighted by molar-refractivity contribution is 7.17. The number of carbonyl (C=O) groups is 2. The molecule has 0 unspecified atom stereocenters. The highest BCUT2D eigenvalue weighted by Gasteiger charge is 2.27. The number of aromatic nitrogens is 1. The molecule has 0 aromatic carbocycles. The number of thiophene rings is 1. The van der Waals surface area contributed by atoms with Crippen LogP contribution in [0.5, 0.6) is 0 Å². The van der Waals surface area contributed by atoms with Crippen molar-refractivity contribution < 1.29 is 9.59 Å². The molecular weight excluding hydrogens is 392 g/mol. The predicted molar refractivity (Wildman–Crippen MR) is 109 cm³/mol. The molecule has 0 saturated carbocycles. The number of nitrogens with two attached hydrogens (primary N) is 1. The van der Waals surface area contributed by atoms with Gasteiger partial charge in [0.05, 0.1) is 22.8 Å². The smallest absolute Gasteiger partial charge is 0.254 e. The molecule has 0 radical (unpaired) electrons. The Bertz CT molecular complexity index is 761. The van der Waals surface area contributed by atoms with Crippen LogP contribution < -0.4 is 16.4 Å². The molecular formula is C17H23ClN4O2S2. The van der Waals surface area contributed by atoms with Crippen molar-refractivity contribution in [3.63, 3.8) is 0 Å². The van der Waals surface area contributed by atoms with Gasteiger partial charge in [-0.3, -0.25) is 9.59 Å². The Morgan fingerprint density at radius 3 is 2.81 bits per heavy atom. The number of nitrogens with zero attached hydrogens (tertiary/aromatic N) is 1. The number of aryl methyl sites for hydroxylation is 1. The van der Waals surface area contributed by atoms with Crippen LogP contribution in [0.3, 0.4) is 0 Å². The van der Waals surface area contributed by atoms with Gasteiger partial charge in [0.25, 0.3) is 5.91 Å². The first kappa shape index (κ1) is 20.8. The molecule has 4 N–H and O–H groups in total. The summed E-state index contributed by atoms with van der Waals surface area (Å²) >= 11 is 2.99. The molecule has 0 saturated heterocycles. The fourth-order valence-corrected chi connectivity index (χ4v) is 4.87. The Labute approximate surface area is 167 Å². The number of carbonyl (C=O) groups excluding carboxylic acids is 2. The predicted octanol–water partition coefficient (Wildman–Crippen LogP) is 2.76. The van der Waals surface area contributed by atoms with Gasteiger partial charge in [-0.2, -0.15) is 0 Å². The topological polar surface area (TPSA) is 97.1 Å². The van der Waals surface area contributed by atoms with E-state index in [4.69, 9.17) is 5.73 Å². The maximum atomic E-state index is 12.5. The van der Waals surface area contributed by atoms with Crippen LogP contribution >= 0.6 is 35.1 Å². The van der Waals surface area contributed by atoms with Crippen LogP contribution in [0.1, 0.15) is 46.3 Å². The lowest BCUT2D eigenvalue weighted by Gasteiger charge is -2.13. The van der Waals surface area contributed by atoms with Crippen molar-refractivity contribution in [2.24, 2.45) is 5.73 Å². The number of anilines is 1. The minimum Gasteiger partial charge on any atom is -0.352 e. The van der Waals surface area contributed by atoms with E-state index in [1.807, 2.05) is 12.3 Å². The van der Waals surface area contributed by atoms with E-state index in [1.54, 1.807) is 5.51 Å². The molecule has 26 heavy (non-hydrogen) atoms. The van der Waals surface area contributed by atoms with Crippen molar-refractivity contribution in [2.45, 2.75) is 45.1 Å². The molecule has 2 heterocycles. The molecule has 1 aliphatic carbocycles. The molecule has 2 aromatic heterocycles. The largest absolute Gasteiger partial charge is 0.352 e. The van der Waals surface area contributed by atoms with Gasteiger partial charge in [-0.05, 0) is 38.2 Å². The molecule has 2 amide bonds. The third kappa shape index (κ3) is 4.62. The Hall–Kier alpha value is -1.48. The highest BCUT2D eigenvalue weighted by atomic mass is 35.5. The van der Waals surface area contributed by atoms with E-state index in [2.05, 4.69) is 15.6 Å². The zero-order chi connectivity index (χ0) is 17.8. The molecule has 0 aliphatic heterocycles. The van der Waals surface area contributed by atoms with Crippen LogP contribution in [0.25, 0.3) is 0 Å². The molecule has 142 valence electrons. The van der Waals surface area contributed by atoms with E-state index >= 15 is 0 Å². The summed E-state index contributed by atoms with van der Waals surface area (Å²) in [4.78, 5) is 30.4. The van der Waals surface area contributed by atoms with E-state index in [0.717, 1.165) is 36.9 Å². The first-order valence-electron chi connectivity index (χ1n) is 8.46. The van der Waals surface area contributed by atoms with Gasteiger partial charge in [-0.1, -0.05) is 0 Å². The number of thiazole rings is 1. The van der Waals surface area contributed by atoms with E-state index < -0.39 is 6.04 Å². The average Bonchev–Trinajstić information content (AvgIpc) is 3.21. The minimum absolute atomic E-state index is 0. The van der Waals surface area contributed by atoms with Gasteiger partial charge in [0, 0.05) is 23.2 Å². The van der Waals surface area contributed by atoms with E-state index in [1.165, 1.54) is 27.6 Å². The summed E-state index contributed by atoms with van der Waals surface area (Å²) in [5.74, 6) is -0.401. The standard InChI is InChI=1S/C17H22N4O2S2.ClH/c1-2-19-16(23)14-11-5-3-4-6-13(11)25-17(14)21-15(22)12(18)7-10-8-24-9-20-10;/h8-9,12H,2-7,18H2,1H3,(H,19,23)(H,21,22);1H/t12-;/m0./s1. The number of amides is 2. The first-order valence-corrected chi connectivity index (χ1v) is 10.2. The van der Waals surface area contributed by atoms with Gasteiger partial charge >= 0.3 is 0 Å². The van der Waals surface area contributed by atoms with Crippen molar-refractivity contribution in [1.82, 2.24) is 10.3 Å². The van der Waals surface area contributed by atoms with Crippen molar-refractivity contribution >= 4 is 51.9 Å². The van der Waals surface area contributed by atoms with Crippen LogP contribution in [-0.4, -0.2) is 29.4 Å². The SMILES string of the molecule is CCNC(=O)c1c(NC(=O)[C@@H](N)Cc2cscn2)sc2c1CCCC2.Cl. The zero-order valence-electron chi connectivity index (χ0n) is 14.5. The number of fused-ring (bicyclic) bond motifs is 1. The van der Waals surface area contributed by atoms with Crippen molar-refractivity contribution in [2.75, 3.05) is 11.9 Å². The van der Waals surface area contributed by atoms with Gasteiger partial charge in [0.1, 0.15) is 5.00 Å². The fourth-order valence-electron chi connectivity index (χ4n) is 3.00. The fraction of sp³-hybridized carbons (Fsp3) is 0.471. The summed E-state index contributed by atoms with van der Waals surface area (Å²) in [5, 5.41) is 8.25. The van der Waals surface area contributed by atoms with E-state index in [-0.39, 0.29) is 24.2 Å². The second kappa shape index (κ2) is 9.45. The molecule has 3 rings (SSSR count). The molecule has 0 fully saturated rings. The summed E-state index contributed by atoms with van der Waals surface area (Å²) in [6, 6.07) is -0.691. The second-order valence-corrected chi connectivity index (χ2v) is 7.88. The van der Waals surface area contributed by atoms with Crippen LogP contribution in [0, 0.1) is 0 Å². The Morgan fingerprint density at radius 2 is 2.12 bits per heavy atom. The number of nitrogens with one attached hydrogen (secondary N) is 2. The van der Waals surface area contributed by atoms with Crippen LogP contribution in [-0.2, 0) is 24.1 Å². The summed E-state index contributed by atoms with van der Waals surface area (Å²) < 4.78 is 0. The monoisotopic (exact) mass is 414 g/mol. The number of hydrogen-bond acceptors (Lipinski definition) is 6. The van der Waals surface area contributed by atoms with Crippen molar-refractivity contribution in [1.29, 1.82) is 0 Å². The van der Waals surface area contributed by atoms with E-state index in [0.29, 0.717) is 23.5 Å². The average molecular weight is 415 g/mol. The zero-order valence-corrected chi connectivity index (χ0v) is 17.0. The van der Waals surface area contributed by atoms with Crippen LogP contribution in [0.4, 0.5) is 5.00 Å². The lowest BCUT2D eigenvalue weighted by Crippen LogP contribution is -2.38. The quantitative estimate of drug-likeness (QED) is 0.676. The Morgan fingerprint density at radius 1 is 1.35 bits per heavy atom.